The molecule has 1 heterocycles. The summed E-state index contributed by atoms with van der Waals surface area (Å²) in [6.07, 6.45) is 0. The van der Waals surface area contributed by atoms with Crippen LogP contribution < -0.4 is 10.1 Å². The molecule has 28 heavy (non-hydrogen) atoms. The summed E-state index contributed by atoms with van der Waals surface area (Å²) in [5, 5.41) is 4.70. The quantitative estimate of drug-likeness (QED) is 0.589. The van der Waals surface area contributed by atoms with Gasteiger partial charge in [0.2, 0.25) is 0 Å². The number of anilines is 1. The van der Waals surface area contributed by atoms with E-state index in [1.165, 1.54) is 17.4 Å². The number of rotatable bonds is 6. The molecule has 3 rings (SSSR count). The van der Waals surface area contributed by atoms with E-state index in [2.05, 4.69) is 24.1 Å². The van der Waals surface area contributed by atoms with Gasteiger partial charge in [-0.25, -0.2) is 13.8 Å². The molecule has 0 aliphatic carbocycles. The predicted molar refractivity (Wildman–Crippen MR) is 107 cm³/mol. The second-order valence-electron chi connectivity index (χ2n) is 6.70. The topological polar surface area (TPSA) is 51.2 Å². The third-order valence-electron chi connectivity index (χ3n) is 4.12. The summed E-state index contributed by atoms with van der Waals surface area (Å²) >= 11 is 1.20. The van der Waals surface area contributed by atoms with Crippen LogP contribution in [0.5, 0.6) is 5.75 Å². The third-order valence-corrected chi connectivity index (χ3v) is 4.87. The van der Waals surface area contributed by atoms with Crippen LogP contribution in [0, 0.1) is 18.6 Å². The summed E-state index contributed by atoms with van der Waals surface area (Å²) in [7, 11) is 0. The summed E-state index contributed by atoms with van der Waals surface area (Å²) in [6, 6.07) is 9.48. The Morgan fingerprint density at radius 3 is 2.68 bits per heavy atom. The number of nitrogens with one attached hydrogen (secondary N) is 1. The number of amides is 1. The van der Waals surface area contributed by atoms with Crippen molar-refractivity contribution in [2.45, 2.75) is 26.7 Å². The molecule has 7 heteroatoms. The molecule has 2 aromatic carbocycles. The number of benzene rings is 2. The highest BCUT2D eigenvalue weighted by Gasteiger charge is 2.13. The van der Waals surface area contributed by atoms with E-state index >= 15 is 0 Å². The van der Waals surface area contributed by atoms with Crippen LogP contribution in [0.3, 0.4) is 0 Å². The molecular formula is C21H20F2N2O2S. The lowest BCUT2D eigenvalue weighted by molar-refractivity contribution is -0.118. The molecular weight excluding hydrogens is 382 g/mol. The van der Waals surface area contributed by atoms with Crippen LogP contribution in [0.15, 0.2) is 41.8 Å². The van der Waals surface area contributed by atoms with E-state index in [0.29, 0.717) is 22.1 Å². The van der Waals surface area contributed by atoms with Gasteiger partial charge in [-0.05, 0) is 48.2 Å². The fraction of sp³-hybridized carbons (Fsp3) is 0.238. The Morgan fingerprint density at radius 2 is 1.96 bits per heavy atom. The van der Waals surface area contributed by atoms with Crippen LogP contribution in [0.25, 0.3) is 11.3 Å². The molecule has 0 spiro atoms. The largest absolute Gasteiger partial charge is 0.483 e. The average Bonchev–Trinajstić information content (AvgIpc) is 3.10. The zero-order chi connectivity index (χ0) is 20.3. The van der Waals surface area contributed by atoms with Crippen molar-refractivity contribution >= 4 is 22.4 Å². The van der Waals surface area contributed by atoms with Crippen LogP contribution in [-0.2, 0) is 4.79 Å². The molecule has 0 saturated heterocycles. The number of aryl methyl sites for hydroxylation is 1. The highest BCUT2D eigenvalue weighted by atomic mass is 32.1. The molecule has 1 aromatic heterocycles. The molecule has 0 radical (unpaired) electrons. The van der Waals surface area contributed by atoms with Crippen molar-refractivity contribution in [2.24, 2.45) is 0 Å². The van der Waals surface area contributed by atoms with Crippen molar-refractivity contribution in [1.29, 1.82) is 0 Å². The number of hydrogen-bond donors (Lipinski definition) is 1. The van der Waals surface area contributed by atoms with Gasteiger partial charge in [-0.15, -0.1) is 11.3 Å². The van der Waals surface area contributed by atoms with E-state index in [-0.39, 0.29) is 18.4 Å². The lowest BCUT2D eigenvalue weighted by atomic mass is 10.0. The molecule has 0 saturated carbocycles. The Bertz CT molecular complexity index is 1000. The first-order valence-corrected chi connectivity index (χ1v) is 9.65. The van der Waals surface area contributed by atoms with E-state index in [4.69, 9.17) is 4.74 Å². The second kappa shape index (κ2) is 8.48. The van der Waals surface area contributed by atoms with Gasteiger partial charge in [-0.2, -0.15) is 0 Å². The van der Waals surface area contributed by atoms with Crippen molar-refractivity contribution < 1.29 is 18.3 Å². The molecule has 0 aliphatic rings. The Labute approximate surface area is 166 Å². The number of carbonyl (C=O) groups is 1. The van der Waals surface area contributed by atoms with Gasteiger partial charge in [0.15, 0.2) is 23.4 Å². The van der Waals surface area contributed by atoms with Crippen molar-refractivity contribution in [2.75, 3.05) is 11.9 Å². The number of thiazole rings is 1. The van der Waals surface area contributed by atoms with Gasteiger partial charge < -0.3 is 4.74 Å². The number of nitrogens with zero attached hydrogens (tertiary/aromatic N) is 1. The monoisotopic (exact) mass is 402 g/mol. The van der Waals surface area contributed by atoms with E-state index in [1.54, 1.807) is 5.38 Å². The second-order valence-corrected chi connectivity index (χ2v) is 7.56. The molecule has 1 N–H and O–H groups in total. The third kappa shape index (κ3) is 4.72. The maximum atomic E-state index is 13.4. The minimum Gasteiger partial charge on any atom is -0.483 e. The first kappa shape index (κ1) is 19.9. The van der Waals surface area contributed by atoms with Crippen molar-refractivity contribution in [3.8, 4) is 17.0 Å². The molecule has 0 aliphatic heterocycles. The summed E-state index contributed by atoms with van der Waals surface area (Å²) < 4.78 is 32.1. The highest BCUT2D eigenvalue weighted by molar-refractivity contribution is 7.14. The maximum Gasteiger partial charge on any atom is 0.264 e. The zero-order valence-electron chi connectivity index (χ0n) is 15.8. The zero-order valence-corrected chi connectivity index (χ0v) is 16.6. The maximum absolute atomic E-state index is 13.4. The molecule has 0 fully saturated rings. The molecule has 1 amide bonds. The predicted octanol–water partition coefficient (Wildman–Crippen LogP) is 5.54. The molecule has 3 aromatic rings. The van der Waals surface area contributed by atoms with E-state index in [9.17, 15) is 13.6 Å². The minimum atomic E-state index is -0.941. The first-order chi connectivity index (χ1) is 13.3. The molecule has 0 unspecified atom stereocenters. The fourth-order valence-corrected chi connectivity index (χ4v) is 3.40. The highest BCUT2D eigenvalue weighted by Crippen LogP contribution is 2.28. The van der Waals surface area contributed by atoms with E-state index in [0.717, 1.165) is 23.3 Å². The molecule has 0 bridgehead atoms. The van der Waals surface area contributed by atoms with Gasteiger partial charge in [-0.1, -0.05) is 26.0 Å². The Balaban J connectivity index is 1.64. The Hall–Kier alpha value is -2.80. The van der Waals surface area contributed by atoms with Crippen molar-refractivity contribution in [1.82, 2.24) is 4.98 Å². The molecule has 0 atom stereocenters. The fourth-order valence-electron chi connectivity index (χ4n) is 2.66. The van der Waals surface area contributed by atoms with Crippen LogP contribution in [0.1, 0.15) is 30.9 Å². The van der Waals surface area contributed by atoms with Crippen LogP contribution >= 0.6 is 11.3 Å². The van der Waals surface area contributed by atoms with Crippen LogP contribution in [-0.4, -0.2) is 17.5 Å². The Kier molecular flexibility index (Phi) is 6.04. The van der Waals surface area contributed by atoms with Crippen LogP contribution in [0.4, 0.5) is 13.9 Å². The van der Waals surface area contributed by atoms with E-state index in [1.807, 2.05) is 25.1 Å². The van der Waals surface area contributed by atoms with Gasteiger partial charge in [0.25, 0.3) is 5.91 Å². The smallest absolute Gasteiger partial charge is 0.264 e. The van der Waals surface area contributed by atoms with E-state index < -0.39 is 11.6 Å². The minimum absolute atomic E-state index is 0.150. The van der Waals surface area contributed by atoms with Gasteiger partial charge in [-0.3, -0.25) is 10.1 Å². The van der Waals surface area contributed by atoms with Crippen LogP contribution in [0.2, 0.25) is 0 Å². The van der Waals surface area contributed by atoms with Gasteiger partial charge in [0, 0.05) is 10.9 Å². The SMILES string of the molecule is Cc1ccc(C(C)C)c(OCC(=O)Nc2nc(-c3ccc(F)c(F)c3)cs2)c1. The lowest BCUT2D eigenvalue weighted by Crippen LogP contribution is -2.20. The van der Waals surface area contributed by atoms with Gasteiger partial charge in [0.05, 0.1) is 5.69 Å². The molecule has 4 nitrogen and oxygen atoms in total. The van der Waals surface area contributed by atoms with Gasteiger partial charge in [0.1, 0.15) is 5.75 Å². The summed E-state index contributed by atoms with van der Waals surface area (Å²) in [5.41, 5.74) is 2.98. The van der Waals surface area contributed by atoms with Crippen molar-refractivity contribution in [3.63, 3.8) is 0 Å². The normalized spacial score (nSPS) is 10.9. The first-order valence-electron chi connectivity index (χ1n) is 8.77. The summed E-state index contributed by atoms with van der Waals surface area (Å²) in [6.45, 7) is 5.94. The van der Waals surface area contributed by atoms with Gasteiger partial charge >= 0.3 is 0 Å². The number of halogens is 2. The lowest BCUT2D eigenvalue weighted by Gasteiger charge is -2.14. The number of carbonyl (C=O) groups excluding carboxylic acids is 1. The number of aromatic nitrogens is 1. The average molecular weight is 402 g/mol. The summed E-state index contributed by atoms with van der Waals surface area (Å²) in [4.78, 5) is 16.5. The number of ether oxygens (including phenoxy) is 1. The standard InChI is InChI=1S/C21H20F2N2O2S/c1-12(2)15-6-4-13(3)8-19(15)27-10-20(26)25-21-24-18(11-28-21)14-5-7-16(22)17(23)9-14/h4-9,11-12H,10H2,1-3H3,(H,24,25,26). The molecule has 146 valence electrons. The summed E-state index contributed by atoms with van der Waals surface area (Å²) in [5.74, 6) is -1.24. The Morgan fingerprint density at radius 1 is 1.18 bits per heavy atom. The van der Waals surface area contributed by atoms with Crippen molar-refractivity contribution in [3.05, 3.63) is 64.5 Å². The number of hydrogen-bond acceptors (Lipinski definition) is 4.